The molecule has 0 radical (unpaired) electrons. The van der Waals surface area contributed by atoms with Gasteiger partial charge in [-0.1, -0.05) is 64.8 Å². The summed E-state index contributed by atoms with van der Waals surface area (Å²) in [4.78, 5) is 18.2. The highest BCUT2D eigenvalue weighted by Gasteiger charge is 2.15. The third-order valence-corrected chi connectivity index (χ3v) is 4.51. The maximum atomic E-state index is 12.3. The van der Waals surface area contributed by atoms with Crippen molar-refractivity contribution in [3.05, 3.63) is 70.0 Å². The molecule has 2 aromatic carbocycles. The van der Waals surface area contributed by atoms with E-state index in [1.807, 2.05) is 36.4 Å². The predicted molar refractivity (Wildman–Crippen MR) is 101 cm³/mol. The SMILES string of the molecule is CN(Cc1nc(-c2ccccc2)no1)C(=O)CCc1ccc(Cl)cc1Cl. The number of carbonyl (C=O) groups is 1. The highest BCUT2D eigenvalue weighted by molar-refractivity contribution is 6.35. The van der Waals surface area contributed by atoms with Crippen molar-refractivity contribution < 1.29 is 9.32 Å². The van der Waals surface area contributed by atoms with Gasteiger partial charge in [0.2, 0.25) is 17.6 Å². The molecule has 0 aliphatic rings. The van der Waals surface area contributed by atoms with Gasteiger partial charge in [0.05, 0.1) is 6.54 Å². The van der Waals surface area contributed by atoms with Crippen molar-refractivity contribution in [3.8, 4) is 11.4 Å². The van der Waals surface area contributed by atoms with Crippen LogP contribution in [0.1, 0.15) is 17.9 Å². The van der Waals surface area contributed by atoms with Crippen molar-refractivity contribution in [2.75, 3.05) is 7.05 Å². The number of aryl methyl sites for hydroxylation is 1. The van der Waals surface area contributed by atoms with Gasteiger partial charge in [-0.05, 0) is 24.1 Å². The molecule has 26 heavy (non-hydrogen) atoms. The highest BCUT2D eigenvalue weighted by Crippen LogP contribution is 2.22. The number of halogens is 2. The van der Waals surface area contributed by atoms with Crippen LogP contribution in [0.25, 0.3) is 11.4 Å². The molecule has 0 bridgehead atoms. The molecule has 0 unspecified atom stereocenters. The summed E-state index contributed by atoms with van der Waals surface area (Å²) in [6.07, 6.45) is 0.871. The van der Waals surface area contributed by atoms with Crippen LogP contribution in [-0.4, -0.2) is 28.0 Å². The van der Waals surface area contributed by atoms with E-state index in [-0.39, 0.29) is 12.5 Å². The van der Waals surface area contributed by atoms with Gasteiger partial charge in [-0.25, -0.2) is 0 Å². The first-order valence-electron chi connectivity index (χ1n) is 8.09. The molecule has 3 rings (SSSR count). The summed E-state index contributed by atoms with van der Waals surface area (Å²) in [6.45, 7) is 0.257. The maximum absolute atomic E-state index is 12.3. The van der Waals surface area contributed by atoms with E-state index in [9.17, 15) is 4.79 Å². The van der Waals surface area contributed by atoms with Crippen LogP contribution in [-0.2, 0) is 17.8 Å². The summed E-state index contributed by atoms with van der Waals surface area (Å²) < 4.78 is 5.24. The monoisotopic (exact) mass is 389 g/mol. The lowest BCUT2D eigenvalue weighted by Crippen LogP contribution is -2.26. The number of nitrogens with zero attached hydrogens (tertiary/aromatic N) is 3. The van der Waals surface area contributed by atoms with Crippen molar-refractivity contribution in [2.24, 2.45) is 0 Å². The normalized spacial score (nSPS) is 10.7. The fourth-order valence-corrected chi connectivity index (χ4v) is 2.97. The topological polar surface area (TPSA) is 59.2 Å². The number of hydrogen-bond acceptors (Lipinski definition) is 4. The molecule has 0 aliphatic heterocycles. The molecule has 7 heteroatoms. The molecule has 5 nitrogen and oxygen atoms in total. The first kappa shape index (κ1) is 18.4. The Bertz CT molecular complexity index is 897. The number of hydrogen-bond donors (Lipinski definition) is 0. The third-order valence-electron chi connectivity index (χ3n) is 3.92. The lowest BCUT2D eigenvalue weighted by molar-refractivity contribution is -0.130. The summed E-state index contributed by atoms with van der Waals surface area (Å²) in [5.74, 6) is 0.870. The van der Waals surface area contributed by atoms with Crippen LogP contribution >= 0.6 is 23.2 Å². The Morgan fingerprint density at radius 3 is 2.65 bits per heavy atom. The number of benzene rings is 2. The van der Waals surface area contributed by atoms with E-state index in [0.717, 1.165) is 11.1 Å². The minimum Gasteiger partial charge on any atom is -0.337 e. The van der Waals surface area contributed by atoms with Crippen molar-refractivity contribution in [1.29, 1.82) is 0 Å². The second-order valence-corrected chi connectivity index (χ2v) is 6.71. The van der Waals surface area contributed by atoms with Gasteiger partial charge >= 0.3 is 0 Å². The quantitative estimate of drug-likeness (QED) is 0.616. The molecular weight excluding hydrogens is 373 g/mol. The first-order chi connectivity index (χ1) is 12.5. The van der Waals surface area contributed by atoms with Crippen molar-refractivity contribution >= 4 is 29.1 Å². The molecule has 134 valence electrons. The molecule has 1 heterocycles. The van der Waals surface area contributed by atoms with Gasteiger partial charge in [-0.15, -0.1) is 0 Å². The standard InChI is InChI=1S/C19H17Cl2N3O2/c1-24(18(25)10-8-13-7-9-15(20)11-16(13)21)12-17-22-19(23-26-17)14-5-3-2-4-6-14/h2-7,9,11H,8,10,12H2,1H3. The van der Waals surface area contributed by atoms with Crippen LogP contribution in [0.4, 0.5) is 0 Å². The number of rotatable bonds is 6. The average Bonchev–Trinajstić information content (AvgIpc) is 3.10. The molecule has 0 fully saturated rings. The third kappa shape index (κ3) is 4.62. The van der Waals surface area contributed by atoms with Gasteiger partial charge < -0.3 is 9.42 Å². The first-order valence-corrected chi connectivity index (χ1v) is 8.84. The summed E-state index contributed by atoms with van der Waals surface area (Å²) in [5, 5.41) is 5.10. The average molecular weight is 390 g/mol. The second kappa shape index (κ2) is 8.34. The molecule has 0 saturated carbocycles. The Hall–Kier alpha value is -2.37. The van der Waals surface area contributed by atoms with E-state index in [0.29, 0.717) is 34.6 Å². The van der Waals surface area contributed by atoms with Crippen LogP contribution in [0.3, 0.4) is 0 Å². The van der Waals surface area contributed by atoms with E-state index < -0.39 is 0 Å². The zero-order valence-corrected chi connectivity index (χ0v) is 15.7. The van der Waals surface area contributed by atoms with Crippen LogP contribution in [0.5, 0.6) is 0 Å². The second-order valence-electron chi connectivity index (χ2n) is 5.86. The van der Waals surface area contributed by atoms with Crippen LogP contribution in [0.2, 0.25) is 10.0 Å². The van der Waals surface area contributed by atoms with Gasteiger partial charge in [-0.3, -0.25) is 4.79 Å². The van der Waals surface area contributed by atoms with Gasteiger partial charge in [0.15, 0.2) is 0 Å². The summed E-state index contributed by atoms with van der Waals surface area (Å²) >= 11 is 12.0. The largest absolute Gasteiger partial charge is 0.337 e. The molecule has 0 atom stereocenters. The Kier molecular flexibility index (Phi) is 5.91. The molecule has 0 spiro atoms. The molecule has 1 amide bonds. The minimum atomic E-state index is -0.0320. The van der Waals surface area contributed by atoms with Crippen molar-refractivity contribution in [3.63, 3.8) is 0 Å². The van der Waals surface area contributed by atoms with E-state index in [1.165, 1.54) is 0 Å². The summed E-state index contributed by atoms with van der Waals surface area (Å²) in [6, 6.07) is 14.8. The zero-order valence-electron chi connectivity index (χ0n) is 14.2. The Morgan fingerprint density at radius 2 is 1.92 bits per heavy atom. The Labute approximate surface area is 161 Å². The van der Waals surface area contributed by atoms with E-state index in [2.05, 4.69) is 10.1 Å². The summed E-state index contributed by atoms with van der Waals surface area (Å²) in [5.41, 5.74) is 1.76. The molecule has 1 aromatic heterocycles. The zero-order chi connectivity index (χ0) is 18.5. The predicted octanol–water partition coefficient (Wildman–Crippen LogP) is 4.63. The van der Waals surface area contributed by atoms with E-state index in [4.69, 9.17) is 27.7 Å². The lowest BCUT2D eigenvalue weighted by Gasteiger charge is -2.15. The highest BCUT2D eigenvalue weighted by atomic mass is 35.5. The van der Waals surface area contributed by atoms with Gasteiger partial charge in [-0.2, -0.15) is 4.98 Å². The van der Waals surface area contributed by atoms with Gasteiger partial charge in [0.1, 0.15) is 0 Å². The van der Waals surface area contributed by atoms with Crippen LogP contribution < -0.4 is 0 Å². The molecular formula is C19H17Cl2N3O2. The van der Waals surface area contributed by atoms with Crippen LogP contribution in [0.15, 0.2) is 53.1 Å². The Balaban J connectivity index is 1.57. The summed E-state index contributed by atoms with van der Waals surface area (Å²) in [7, 11) is 1.71. The molecule has 0 N–H and O–H groups in total. The maximum Gasteiger partial charge on any atom is 0.246 e. The van der Waals surface area contributed by atoms with Crippen molar-refractivity contribution in [1.82, 2.24) is 15.0 Å². The fourth-order valence-electron chi connectivity index (χ4n) is 2.47. The van der Waals surface area contributed by atoms with Gasteiger partial charge in [0.25, 0.3) is 0 Å². The number of amides is 1. The smallest absolute Gasteiger partial charge is 0.246 e. The molecule has 0 saturated heterocycles. The minimum absolute atomic E-state index is 0.0320. The van der Waals surface area contributed by atoms with Crippen LogP contribution in [0, 0.1) is 0 Å². The van der Waals surface area contributed by atoms with Crippen molar-refractivity contribution in [2.45, 2.75) is 19.4 Å². The fraction of sp³-hybridized carbons (Fsp3) is 0.211. The van der Waals surface area contributed by atoms with E-state index >= 15 is 0 Å². The van der Waals surface area contributed by atoms with Gasteiger partial charge in [0, 0.05) is 29.1 Å². The number of aromatic nitrogens is 2. The van der Waals surface area contributed by atoms with E-state index in [1.54, 1.807) is 24.1 Å². The Morgan fingerprint density at radius 1 is 1.15 bits per heavy atom. The molecule has 3 aromatic rings. The number of carbonyl (C=O) groups excluding carboxylic acids is 1. The molecule has 0 aliphatic carbocycles. The lowest BCUT2D eigenvalue weighted by atomic mass is 10.1.